The number of anilines is 1. The molecule has 196 valence electrons. The predicted molar refractivity (Wildman–Crippen MR) is 145 cm³/mol. The zero-order valence-corrected chi connectivity index (χ0v) is 23.5. The first-order chi connectivity index (χ1) is 17.0. The lowest BCUT2D eigenvalue weighted by atomic mass is 9.97. The molecule has 0 saturated carbocycles. The van der Waals surface area contributed by atoms with Gasteiger partial charge in [-0.15, -0.1) is 11.3 Å². The Labute approximate surface area is 219 Å². The molecule has 0 fully saturated rings. The summed E-state index contributed by atoms with van der Waals surface area (Å²) in [6, 6.07) is 12.7. The monoisotopic (exact) mass is 553 g/mol. The largest absolute Gasteiger partial charge is 0.461 e. The Balaban J connectivity index is 1.70. The maximum Gasteiger partial charge on any atom is 0.461 e. The zero-order chi connectivity index (χ0) is 26.3. The van der Waals surface area contributed by atoms with Gasteiger partial charge in [-0.05, 0) is 32.4 Å². The van der Waals surface area contributed by atoms with Crippen molar-refractivity contribution in [2.45, 2.75) is 27.3 Å². The number of carbonyl (C=O) groups is 1. The van der Waals surface area contributed by atoms with Crippen LogP contribution in [0.1, 0.15) is 24.3 Å². The van der Waals surface area contributed by atoms with Crippen LogP contribution in [0, 0.1) is 12.3 Å². The molecule has 9 nitrogen and oxygen atoms in total. The van der Waals surface area contributed by atoms with Gasteiger partial charge in [0.15, 0.2) is 16.0 Å². The molecule has 12 heteroatoms. The van der Waals surface area contributed by atoms with Crippen molar-refractivity contribution in [3.05, 3.63) is 52.9 Å². The van der Waals surface area contributed by atoms with Crippen LogP contribution in [-0.2, 0) is 20.4 Å². The topological polar surface area (TPSA) is 114 Å². The van der Waals surface area contributed by atoms with Gasteiger partial charge in [-0.25, -0.2) is 14.6 Å². The summed E-state index contributed by atoms with van der Waals surface area (Å²) >= 11 is 2.56. The van der Waals surface area contributed by atoms with Crippen molar-refractivity contribution in [1.82, 2.24) is 10.1 Å². The van der Waals surface area contributed by atoms with Gasteiger partial charge in [-0.1, -0.05) is 42.1 Å². The molecule has 2 aromatic heterocycles. The summed E-state index contributed by atoms with van der Waals surface area (Å²) in [7, 11) is -0.0225. The Morgan fingerprint density at radius 2 is 1.97 bits per heavy atom. The van der Waals surface area contributed by atoms with Crippen molar-refractivity contribution < 1.29 is 27.9 Å². The molecule has 36 heavy (non-hydrogen) atoms. The first kappa shape index (κ1) is 28.4. The van der Waals surface area contributed by atoms with Gasteiger partial charge in [0.25, 0.3) is 5.95 Å². The highest BCUT2D eigenvalue weighted by molar-refractivity contribution is 8.13. The molecular weight excluding hydrogens is 521 g/mol. The average Bonchev–Trinajstić information content (AvgIpc) is 3.47. The van der Waals surface area contributed by atoms with Crippen molar-refractivity contribution in [3.8, 4) is 17.4 Å². The first-order valence-electron chi connectivity index (χ1n) is 11.3. The standard InChI is InChI=1S/C24H32N3O6PS2/c1-17-21(26-23(36-17)27(4)5)19-11-12-20(32-19)33-34(30,25-15-18-9-7-6-8-10-18)31-13-14-35-22(29)24(2,3)16-28/h6-12,28H,13-16H2,1-5H3,(H,25,30). The number of aromatic nitrogens is 1. The summed E-state index contributed by atoms with van der Waals surface area (Å²) in [5.74, 6) is 0.767. The average molecular weight is 554 g/mol. The highest BCUT2D eigenvalue weighted by Crippen LogP contribution is 2.46. The lowest BCUT2D eigenvalue weighted by Crippen LogP contribution is -2.26. The minimum atomic E-state index is -3.86. The number of carbonyl (C=O) groups excluding carboxylic acids is 1. The second kappa shape index (κ2) is 12.4. The van der Waals surface area contributed by atoms with Crippen LogP contribution in [-0.4, -0.2) is 48.3 Å². The Morgan fingerprint density at radius 3 is 2.61 bits per heavy atom. The lowest BCUT2D eigenvalue weighted by molar-refractivity contribution is -0.119. The van der Waals surface area contributed by atoms with Crippen LogP contribution in [0.15, 0.2) is 46.9 Å². The summed E-state index contributed by atoms with van der Waals surface area (Å²) in [6.07, 6.45) is 0. The maximum absolute atomic E-state index is 13.6. The molecule has 0 radical (unpaired) electrons. The molecule has 0 spiro atoms. The fraction of sp³-hybridized carbons (Fsp3) is 0.417. The minimum Gasteiger partial charge on any atom is -0.424 e. The van der Waals surface area contributed by atoms with E-state index in [0.717, 1.165) is 27.3 Å². The summed E-state index contributed by atoms with van der Waals surface area (Å²) < 4.78 is 30.7. The molecule has 3 aromatic rings. The molecule has 1 atom stereocenters. The van der Waals surface area contributed by atoms with Crippen molar-refractivity contribution in [1.29, 1.82) is 0 Å². The number of hydrogen-bond acceptors (Lipinski definition) is 10. The number of furan rings is 1. The number of aryl methyl sites for hydroxylation is 1. The Morgan fingerprint density at radius 1 is 1.25 bits per heavy atom. The smallest absolute Gasteiger partial charge is 0.424 e. The SMILES string of the molecule is Cc1sc(N(C)C)nc1-c1ccc(OP(=O)(NCc2ccccc2)OCCSC(=O)C(C)(C)CO)o1. The highest BCUT2D eigenvalue weighted by atomic mass is 32.2. The van der Waals surface area contributed by atoms with Crippen molar-refractivity contribution >= 4 is 41.1 Å². The van der Waals surface area contributed by atoms with Crippen molar-refractivity contribution in [3.63, 3.8) is 0 Å². The van der Waals surface area contributed by atoms with Gasteiger partial charge >= 0.3 is 7.75 Å². The van der Waals surface area contributed by atoms with Gasteiger partial charge in [-0.2, -0.15) is 0 Å². The zero-order valence-electron chi connectivity index (χ0n) is 21.0. The van der Waals surface area contributed by atoms with Gasteiger partial charge in [0.05, 0.1) is 18.6 Å². The second-order valence-electron chi connectivity index (χ2n) is 8.83. The number of nitrogens with zero attached hydrogens (tertiary/aromatic N) is 2. The third-order valence-electron chi connectivity index (χ3n) is 5.04. The molecule has 2 heterocycles. The molecule has 0 saturated heterocycles. The van der Waals surface area contributed by atoms with Crippen molar-refractivity contribution in [2.24, 2.45) is 5.41 Å². The van der Waals surface area contributed by atoms with Crippen LogP contribution in [0.25, 0.3) is 11.5 Å². The molecule has 1 aromatic carbocycles. The number of thiazole rings is 1. The van der Waals surface area contributed by atoms with Gasteiger partial charge in [0.1, 0.15) is 5.69 Å². The van der Waals surface area contributed by atoms with Crippen LogP contribution < -0.4 is 14.5 Å². The van der Waals surface area contributed by atoms with Crippen LogP contribution >= 0.6 is 30.8 Å². The molecule has 0 amide bonds. The summed E-state index contributed by atoms with van der Waals surface area (Å²) in [4.78, 5) is 19.7. The van der Waals surface area contributed by atoms with E-state index in [1.54, 1.807) is 37.3 Å². The van der Waals surface area contributed by atoms with E-state index in [-0.39, 0.29) is 36.6 Å². The molecular formula is C24H32N3O6PS2. The number of hydrogen-bond donors (Lipinski definition) is 2. The number of benzene rings is 1. The van der Waals surface area contributed by atoms with Crippen molar-refractivity contribution in [2.75, 3.05) is 38.0 Å². The van der Waals surface area contributed by atoms with Gasteiger partial charge in [0, 0.05) is 37.3 Å². The molecule has 0 aliphatic carbocycles. The lowest BCUT2D eigenvalue weighted by Gasteiger charge is -2.20. The summed E-state index contributed by atoms with van der Waals surface area (Å²) in [5.41, 5.74) is 0.725. The van der Waals surface area contributed by atoms with E-state index in [1.807, 2.05) is 56.3 Å². The van der Waals surface area contributed by atoms with E-state index in [0.29, 0.717) is 11.5 Å². The molecule has 0 aliphatic heterocycles. The van der Waals surface area contributed by atoms with Gasteiger partial charge < -0.3 is 18.9 Å². The molecule has 0 aliphatic rings. The van der Waals surface area contributed by atoms with Gasteiger partial charge in [0.2, 0.25) is 0 Å². The third-order valence-corrected chi connectivity index (χ3v) is 8.85. The minimum absolute atomic E-state index is 0.0120. The molecule has 0 bridgehead atoms. The van der Waals surface area contributed by atoms with E-state index in [4.69, 9.17) is 13.5 Å². The van der Waals surface area contributed by atoms with E-state index >= 15 is 0 Å². The number of nitrogens with one attached hydrogen (secondary N) is 1. The van der Waals surface area contributed by atoms with Gasteiger partial charge in [-0.3, -0.25) is 9.32 Å². The highest BCUT2D eigenvalue weighted by Gasteiger charge is 2.30. The summed E-state index contributed by atoms with van der Waals surface area (Å²) in [6.45, 7) is 5.26. The summed E-state index contributed by atoms with van der Waals surface area (Å²) in [5, 5.41) is 12.9. The normalized spacial score (nSPS) is 13.4. The Hall–Kier alpha value is -2.14. The van der Waals surface area contributed by atoms with Crippen LogP contribution in [0.3, 0.4) is 0 Å². The number of thioether (sulfide) groups is 1. The number of aliphatic hydroxyl groups is 1. The van der Waals surface area contributed by atoms with E-state index in [2.05, 4.69) is 10.1 Å². The third kappa shape index (κ3) is 7.68. The van der Waals surface area contributed by atoms with Crippen LogP contribution in [0.2, 0.25) is 0 Å². The Kier molecular flexibility index (Phi) is 9.79. The predicted octanol–water partition coefficient (Wildman–Crippen LogP) is 5.35. The molecule has 2 N–H and O–H groups in total. The fourth-order valence-corrected chi connectivity index (χ4v) is 5.88. The fourth-order valence-electron chi connectivity index (χ4n) is 2.86. The number of aliphatic hydroxyl groups excluding tert-OH is 1. The van der Waals surface area contributed by atoms with E-state index in [1.165, 1.54) is 0 Å². The maximum atomic E-state index is 13.6. The second-order valence-corrected chi connectivity index (χ2v) is 12.8. The number of rotatable bonds is 13. The molecule has 3 rings (SSSR count). The van der Waals surface area contributed by atoms with Crippen LogP contribution in [0.4, 0.5) is 5.13 Å². The first-order valence-corrected chi connectivity index (χ1v) is 14.6. The Bertz CT molecular complexity index is 1200. The molecule has 1 unspecified atom stereocenters. The quantitative estimate of drug-likeness (QED) is 0.212. The van der Waals surface area contributed by atoms with Crippen LogP contribution in [0.5, 0.6) is 5.95 Å². The van der Waals surface area contributed by atoms with E-state index in [9.17, 15) is 14.5 Å². The van der Waals surface area contributed by atoms with E-state index < -0.39 is 13.2 Å².